The predicted molar refractivity (Wildman–Crippen MR) is 119 cm³/mol. The molecule has 1 amide bonds. The normalized spacial score (nSPS) is 14.8. The molecule has 1 aliphatic rings. The van der Waals surface area contributed by atoms with E-state index in [1.165, 1.54) is 11.3 Å². The Morgan fingerprint density at radius 1 is 1.07 bits per heavy atom. The van der Waals surface area contributed by atoms with Gasteiger partial charge in [-0.25, -0.2) is 0 Å². The summed E-state index contributed by atoms with van der Waals surface area (Å²) in [5.74, 6) is -0.000939. The van der Waals surface area contributed by atoms with Crippen molar-refractivity contribution in [1.29, 1.82) is 0 Å². The molecule has 3 aromatic rings. The standard InChI is InChI=1S/C21H20Cl2N4OS/c22-16-6-4-14(5-7-16)12-19-25-26-21(29-19)24-20(28)15-8-10-27(11-9-15)18-3-1-2-17(23)13-18/h1-7,13,15H,8-12H2,(H,24,26,28). The second-order valence-electron chi connectivity index (χ2n) is 7.03. The van der Waals surface area contributed by atoms with Gasteiger partial charge in [0.1, 0.15) is 5.01 Å². The summed E-state index contributed by atoms with van der Waals surface area (Å²) in [5, 5.41) is 14.1. The van der Waals surface area contributed by atoms with Crippen LogP contribution < -0.4 is 10.2 Å². The molecule has 0 bridgehead atoms. The first-order valence-electron chi connectivity index (χ1n) is 9.45. The van der Waals surface area contributed by atoms with Gasteiger partial charge in [0, 0.05) is 41.2 Å². The molecule has 5 nitrogen and oxygen atoms in total. The monoisotopic (exact) mass is 446 g/mol. The van der Waals surface area contributed by atoms with E-state index in [1.807, 2.05) is 42.5 Å². The molecule has 8 heteroatoms. The SMILES string of the molecule is O=C(Nc1nnc(Cc2ccc(Cl)cc2)s1)C1CCN(c2cccc(Cl)c2)CC1. The molecule has 0 radical (unpaired) electrons. The van der Waals surface area contributed by atoms with Crippen LogP contribution in [0.1, 0.15) is 23.4 Å². The third-order valence-corrected chi connectivity index (χ3v) is 6.33. The van der Waals surface area contributed by atoms with Crippen LogP contribution in [-0.4, -0.2) is 29.2 Å². The molecule has 1 aromatic heterocycles. The van der Waals surface area contributed by atoms with E-state index in [4.69, 9.17) is 23.2 Å². The van der Waals surface area contributed by atoms with Gasteiger partial charge >= 0.3 is 0 Å². The first-order chi connectivity index (χ1) is 14.1. The molecule has 1 N–H and O–H groups in total. The molecule has 0 unspecified atom stereocenters. The van der Waals surface area contributed by atoms with Crippen molar-refractivity contribution in [3.8, 4) is 0 Å². The fourth-order valence-corrected chi connectivity index (χ4v) is 4.52. The summed E-state index contributed by atoms with van der Waals surface area (Å²) in [6.07, 6.45) is 2.27. The van der Waals surface area contributed by atoms with Crippen molar-refractivity contribution in [1.82, 2.24) is 10.2 Å². The van der Waals surface area contributed by atoms with Crippen LogP contribution >= 0.6 is 34.5 Å². The number of hydrogen-bond donors (Lipinski definition) is 1. The van der Waals surface area contributed by atoms with E-state index < -0.39 is 0 Å². The number of nitrogens with one attached hydrogen (secondary N) is 1. The first-order valence-corrected chi connectivity index (χ1v) is 11.0. The zero-order chi connectivity index (χ0) is 20.2. The average molecular weight is 447 g/mol. The fraction of sp³-hybridized carbons (Fsp3) is 0.286. The molecule has 4 rings (SSSR count). The molecule has 150 valence electrons. The van der Waals surface area contributed by atoms with Gasteiger partial charge in [-0.2, -0.15) is 0 Å². The molecule has 1 fully saturated rings. The Labute approximate surface area is 183 Å². The fourth-order valence-electron chi connectivity index (χ4n) is 3.43. The maximum Gasteiger partial charge on any atom is 0.229 e. The lowest BCUT2D eigenvalue weighted by Gasteiger charge is -2.32. The lowest BCUT2D eigenvalue weighted by molar-refractivity contribution is -0.120. The maximum atomic E-state index is 12.6. The van der Waals surface area contributed by atoms with Crippen molar-refractivity contribution in [3.63, 3.8) is 0 Å². The molecule has 29 heavy (non-hydrogen) atoms. The Kier molecular flexibility index (Phi) is 6.33. The minimum Gasteiger partial charge on any atom is -0.371 e. The van der Waals surface area contributed by atoms with E-state index in [1.54, 1.807) is 0 Å². The van der Waals surface area contributed by atoms with Crippen LogP contribution in [0.4, 0.5) is 10.8 Å². The highest BCUT2D eigenvalue weighted by atomic mass is 35.5. The highest BCUT2D eigenvalue weighted by Crippen LogP contribution is 2.27. The second kappa shape index (κ2) is 9.11. The van der Waals surface area contributed by atoms with Crippen LogP contribution in [0.2, 0.25) is 10.0 Å². The number of aromatic nitrogens is 2. The van der Waals surface area contributed by atoms with Gasteiger partial charge in [0.15, 0.2) is 0 Å². The summed E-state index contributed by atoms with van der Waals surface area (Å²) in [6, 6.07) is 15.5. The summed E-state index contributed by atoms with van der Waals surface area (Å²) in [5.41, 5.74) is 2.21. The second-order valence-corrected chi connectivity index (χ2v) is 8.97. The quantitative estimate of drug-likeness (QED) is 0.578. The van der Waals surface area contributed by atoms with Crippen LogP contribution in [0.15, 0.2) is 48.5 Å². The molecule has 2 heterocycles. The van der Waals surface area contributed by atoms with Crippen LogP contribution in [-0.2, 0) is 11.2 Å². The smallest absolute Gasteiger partial charge is 0.229 e. The zero-order valence-electron chi connectivity index (χ0n) is 15.6. The summed E-state index contributed by atoms with van der Waals surface area (Å²) in [6.45, 7) is 1.66. The van der Waals surface area contributed by atoms with Gasteiger partial charge < -0.3 is 10.2 Å². The van der Waals surface area contributed by atoms with E-state index in [9.17, 15) is 4.79 Å². The van der Waals surface area contributed by atoms with Crippen molar-refractivity contribution in [2.75, 3.05) is 23.3 Å². The van der Waals surface area contributed by atoms with Crippen molar-refractivity contribution >= 4 is 51.3 Å². The van der Waals surface area contributed by atoms with Crippen LogP contribution in [0.5, 0.6) is 0 Å². The minimum atomic E-state index is -0.0194. The van der Waals surface area contributed by atoms with Crippen LogP contribution in [0.25, 0.3) is 0 Å². The maximum absolute atomic E-state index is 12.6. The lowest BCUT2D eigenvalue weighted by Crippen LogP contribution is -2.38. The molecule has 0 spiro atoms. The van der Waals surface area contributed by atoms with Crippen molar-refractivity contribution in [2.24, 2.45) is 5.92 Å². The van der Waals surface area contributed by atoms with Gasteiger partial charge in [0.2, 0.25) is 11.0 Å². The molecule has 1 aliphatic heterocycles. The minimum absolute atomic E-state index is 0.0185. The summed E-state index contributed by atoms with van der Waals surface area (Å²) < 4.78 is 0. The lowest BCUT2D eigenvalue weighted by atomic mass is 9.95. The van der Waals surface area contributed by atoms with E-state index in [0.29, 0.717) is 16.6 Å². The topological polar surface area (TPSA) is 58.1 Å². The number of nitrogens with zero attached hydrogens (tertiary/aromatic N) is 3. The molecule has 1 saturated heterocycles. The third-order valence-electron chi connectivity index (χ3n) is 5.00. The van der Waals surface area contributed by atoms with E-state index >= 15 is 0 Å². The molecule has 2 aromatic carbocycles. The zero-order valence-corrected chi connectivity index (χ0v) is 18.0. The Balaban J connectivity index is 1.30. The van der Waals surface area contributed by atoms with Gasteiger partial charge in [-0.3, -0.25) is 4.79 Å². The number of halogens is 2. The number of piperidine rings is 1. The van der Waals surface area contributed by atoms with Crippen molar-refractivity contribution in [3.05, 3.63) is 69.1 Å². The molecule has 0 aliphatic carbocycles. The highest BCUT2D eigenvalue weighted by molar-refractivity contribution is 7.15. The van der Waals surface area contributed by atoms with Crippen molar-refractivity contribution < 1.29 is 4.79 Å². The van der Waals surface area contributed by atoms with Gasteiger partial charge in [0.05, 0.1) is 0 Å². The van der Waals surface area contributed by atoms with Gasteiger partial charge in [-0.15, -0.1) is 10.2 Å². The van der Waals surface area contributed by atoms with Crippen molar-refractivity contribution in [2.45, 2.75) is 19.3 Å². The summed E-state index contributed by atoms with van der Waals surface area (Å²) in [4.78, 5) is 14.9. The molecule has 0 saturated carbocycles. The summed E-state index contributed by atoms with van der Waals surface area (Å²) >= 11 is 13.4. The number of rotatable bonds is 5. The van der Waals surface area contributed by atoms with Gasteiger partial charge in [-0.05, 0) is 48.7 Å². The van der Waals surface area contributed by atoms with E-state index in [-0.39, 0.29) is 11.8 Å². The number of carbonyl (C=O) groups excluding carboxylic acids is 1. The summed E-state index contributed by atoms with van der Waals surface area (Å²) in [7, 11) is 0. The van der Waals surface area contributed by atoms with Gasteiger partial charge in [-0.1, -0.05) is 52.7 Å². The number of anilines is 2. The largest absolute Gasteiger partial charge is 0.371 e. The highest BCUT2D eigenvalue weighted by Gasteiger charge is 2.26. The number of amides is 1. The Hall–Kier alpha value is -2.15. The number of benzene rings is 2. The Morgan fingerprint density at radius 3 is 2.55 bits per heavy atom. The van der Waals surface area contributed by atoms with Crippen LogP contribution in [0, 0.1) is 5.92 Å². The Bertz CT molecular complexity index is 984. The third kappa shape index (κ3) is 5.26. The van der Waals surface area contributed by atoms with E-state index in [2.05, 4.69) is 26.5 Å². The average Bonchev–Trinajstić information content (AvgIpc) is 3.16. The van der Waals surface area contributed by atoms with Crippen LogP contribution in [0.3, 0.4) is 0 Å². The van der Waals surface area contributed by atoms with Gasteiger partial charge in [0.25, 0.3) is 0 Å². The number of hydrogen-bond acceptors (Lipinski definition) is 5. The predicted octanol–water partition coefficient (Wildman–Crippen LogP) is 5.29. The molecular weight excluding hydrogens is 427 g/mol. The molecular formula is C21H20Cl2N4OS. The van der Waals surface area contributed by atoms with E-state index in [0.717, 1.165) is 47.2 Å². The molecule has 0 atom stereocenters. The number of carbonyl (C=O) groups is 1. The first kappa shape index (κ1) is 20.1. The Morgan fingerprint density at radius 2 is 1.83 bits per heavy atom.